The molecule has 1 aromatic carbocycles. The summed E-state index contributed by atoms with van der Waals surface area (Å²) in [7, 11) is 0. The number of nitrogens with one attached hydrogen (secondary N) is 1. The Morgan fingerprint density at radius 1 is 1.24 bits per heavy atom. The van der Waals surface area contributed by atoms with Gasteiger partial charge in [-0.3, -0.25) is 4.68 Å². The number of hydrogen-bond acceptors (Lipinski definition) is 2. The fraction of sp³-hybridized carbons (Fsp3) is 0.250. The van der Waals surface area contributed by atoms with Gasteiger partial charge >= 0.3 is 0 Å². The number of rotatable bonds is 4. The molecule has 5 heteroatoms. The van der Waals surface area contributed by atoms with Gasteiger partial charge in [-0.25, -0.2) is 0 Å². The highest BCUT2D eigenvalue weighted by Crippen LogP contribution is 2.25. The normalized spacial score (nSPS) is 10.5. The third kappa shape index (κ3) is 2.93. The number of nitrogens with zero attached hydrogens (tertiary/aromatic N) is 2. The molecule has 1 aromatic heterocycles. The SMILES string of the molecule is CCn1nccc1CNc1ccc(Cl)c(Cl)c1. The molecule has 0 atom stereocenters. The van der Waals surface area contributed by atoms with Crippen LogP contribution in [0.5, 0.6) is 0 Å². The Balaban J connectivity index is 2.05. The van der Waals surface area contributed by atoms with Crippen LogP contribution in [-0.4, -0.2) is 9.78 Å². The number of aryl methyl sites for hydroxylation is 1. The minimum absolute atomic E-state index is 0.556. The Morgan fingerprint density at radius 3 is 2.76 bits per heavy atom. The van der Waals surface area contributed by atoms with E-state index in [9.17, 15) is 0 Å². The second-order valence-corrected chi connectivity index (χ2v) is 4.44. The van der Waals surface area contributed by atoms with E-state index in [1.165, 1.54) is 0 Å². The molecule has 0 aliphatic heterocycles. The van der Waals surface area contributed by atoms with Crippen molar-refractivity contribution in [1.29, 1.82) is 0 Å². The highest BCUT2D eigenvalue weighted by molar-refractivity contribution is 6.42. The van der Waals surface area contributed by atoms with Gasteiger partial charge in [0.2, 0.25) is 0 Å². The zero-order valence-electron chi connectivity index (χ0n) is 9.45. The maximum absolute atomic E-state index is 5.94. The molecule has 2 rings (SSSR count). The zero-order chi connectivity index (χ0) is 12.3. The lowest BCUT2D eigenvalue weighted by Crippen LogP contribution is -2.07. The first-order chi connectivity index (χ1) is 8.20. The Bertz CT molecular complexity index is 508. The first-order valence-electron chi connectivity index (χ1n) is 5.40. The van der Waals surface area contributed by atoms with E-state index in [0.717, 1.165) is 17.9 Å². The van der Waals surface area contributed by atoms with Crippen LogP contribution in [0.25, 0.3) is 0 Å². The van der Waals surface area contributed by atoms with Gasteiger partial charge in [-0.05, 0) is 31.2 Å². The van der Waals surface area contributed by atoms with Crippen LogP contribution in [0.15, 0.2) is 30.5 Å². The van der Waals surface area contributed by atoms with E-state index in [1.807, 2.05) is 22.9 Å². The molecule has 0 saturated carbocycles. The Hall–Kier alpha value is -1.19. The van der Waals surface area contributed by atoms with Gasteiger partial charge in [0.25, 0.3) is 0 Å². The zero-order valence-corrected chi connectivity index (χ0v) is 11.0. The highest BCUT2D eigenvalue weighted by Gasteiger charge is 2.02. The summed E-state index contributed by atoms with van der Waals surface area (Å²) in [4.78, 5) is 0. The van der Waals surface area contributed by atoms with E-state index in [0.29, 0.717) is 16.6 Å². The Morgan fingerprint density at radius 2 is 2.06 bits per heavy atom. The van der Waals surface area contributed by atoms with Gasteiger partial charge in [0, 0.05) is 18.4 Å². The molecule has 0 bridgehead atoms. The molecule has 17 heavy (non-hydrogen) atoms. The van der Waals surface area contributed by atoms with Crippen molar-refractivity contribution in [1.82, 2.24) is 9.78 Å². The molecule has 0 radical (unpaired) electrons. The Kier molecular flexibility index (Phi) is 3.92. The molecule has 1 N–H and O–H groups in total. The molecule has 0 saturated heterocycles. The molecule has 1 heterocycles. The number of benzene rings is 1. The second-order valence-electron chi connectivity index (χ2n) is 3.62. The number of aromatic nitrogens is 2. The van der Waals surface area contributed by atoms with E-state index >= 15 is 0 Å². The van der Waals surface area contributed by atoms with Crippen molar-refractivity contribution in [3.8, 4) is 0 Å². The number of anilines is 1. The van der Waals surface area contributed by atoms with Crippen LogP contribution in [0.1, 0.15) is 12.6 Å². The van der Waals surface area contributed by atoms with Gasteiger partial charge in [0.15, 0.2) is 0 Å². The fourth-order valence-electron chi connectivity index (χ4n) is 1.59. The molecule has 3 nitrogen and oxygen atoms in total. The van der Waals surface area contributed by atoms with E-state index in [-0.39, 0.29) is 0 Å². The summed E-state index contributed by atoms with van der Waals surface area (Å²) in [5, 5.41) is 8.62. The lowest BCUT2D eigenvalue weighted by Gasteiger charge is -2.08. The minimum atomic E-state index is 0.556. The van der Waals surface area contributed by atoms with Gasteiger partial charge in [-0.15, -0.1) is 0 Å². The second kappa shape index (κ2) is 5.43. The van der Waals surface area contributed by atoms with E-state index in [2.05, 4.69) is 17.3 Å². The van der Waals surface area contributed by atoms with Gasteiger partial charge in [-0.1, -0.05) is 23.2 Å². The maximum Gasteiger partial charge on any atom is 0.0612 e. The first kappa shape index (κ1) is 12.3. The van der Waals surface area contributed by atoms with E-state index in [1.54, 1.807) is 12.3 Å². The molecular weight excluding hydrogens is 257 g/mol. The van der Waals surface area contributed by atoms with E-state index < -0.39 is 0 Å². The van der Waals surface area contributed by atoms with Gasteiger partial charge < -0.3 is 5.32 Å². The average molecular weight is 270 g/mol. The largest absolute Gasteiger partial charge is 0.379 e. The predicted octanol–water partition coefficient (Wildman–Crippen LogP) is 3.82. The molecule has 0 fully saturated rings. The maximum atomic E-state index is 5.94. The molecule has 2 aromatic rings. The van der Waals surface area contributed by atoms with Crippen molar-refractivity contribution in [3.63, 3.8) is 0 Å². The Labute approximate surface area is 110 Å². The summed E-state index contributed by atoms with van der Waals surface area (Å²) in [6, 6.07) is 7.49. The third-order valence-corrected chi connectivity index (χ3v) is 3.24. The van der Waals surface area contributed by atoms with Crippen LogP contribution >= 0.6 is 23.2 Å². The van der Waals surface area contributed by atoms with Crippen LogP contribution in [-0.2, 0) is 13.1 Å². The van der Waals surface area contributed by atoms with Crippen molar-refractivity contribution in [2.75, 3.05) is 5.32 Å². The molecule has 0 amide bonds. The van der Waals surface area contributed by atoms with Crippen LogP contribution in [0.2, 0.25) is 10.0 Å². The topological polar surface area (TPSA) is 29.9 Å². The molecule has 0 unspecified atom stereocenters. The number of halogens is 2. The average Bonchev–Trinajstić information content (AvgIpc) is 2.78. The molecule has 0 spiro atoms. The van der Waals surface area contributed by atoms with Gasteiger partial charge in [0.05, 0.1) is 22.3 Å². The summed E-state index contributed by atoms with van der Waals surface area (Å²) in [6.45, 7) is 3.65. The monoisotopic (exact) mass is 269 g/mol. The summed E-state index contributed by atoms with van der Waals surface area (Å²) in [5.74, 6) is 0. The van der Waals surface area contributed by atoms with Crippen molar-refractivity contribution < 1.29 is 0 Å². The lowest BCUT2D eigenvalue weighted by molar-refractivity contribution is 0.627. The third-order valence-electron chi connectivity index (χ3n) is 2.50. The molecular formula is C12H13Cl2N3. The molecule has 90 valence electrons. The van der Waals surface area contributed by atoms with Crippen molar-refractivity contribution >= 4 is 28.9 Å². The molecule has 0 aliphatic carbocycles. The van der Waals surface area contributed by atoms with Crippen LogP contribution in [0.4, 0.5) is 5.69 Å². The van der Waals surface area contributed by atoms with Crippen LogP contribution < -0.4 is 5.32 Å². The lowest BCUT2D eigenvalue weighted by atomic mass is 10.3. The van der Waals surface area contributed by atoms with Gasteiger partial charge in [-0.2, -0.15) is 5.10 Å². The standard InChI is InChI=1S/C12H13Cl2N3/c1-2-17-10(5-6-16-17)8-15-9-3-4-11(13)12(14)7-9/h3-7,15H,2,8H2,1H3. The van der Waals surface area contributed by atoms with Gasteiger partial charge in [0.1, 0.15) is 0 Å². The predicted molar refractivity (Wildman–Crippen MR) is 71.7 cm³/mol. The molecule has 0 aliphatic rings. The first-order valence-corrected chi connectivity index (χ1v) is 6.16. The highest BCUT2D eigenvalue weighted by atomic mass is 35.5. The van der Waals surface area contributed by atoms with Crippen molar-refractivity contribution in [3.05, 3.63) is 46.2 Å². The minimum Gasteiger partial charge on any atom is -0.379 e. The summed E-state index contributed by atoms with van der Waals surface area (Å²) < 4.78 is 1.95. The number of hydrogen-bond donors (Lipinski definition) is 1. The van der Waals surface area contributed by atoms with Crippen LogP contribution in [0.3, 0.4) is 0 Å². The van der Waals surface area contributed by atoms with E-state index in [4.69, 9.17) is 23.2 Å². The summed E-state index contributed by atoms with van der Waals surface area (Å²) in [6.07, 6.45) is 1.80. The van der Waals surface area contributed by atoms with Crippen molar-refractivity contribution in [2.45, 2.75) is 20.0 Å². The fourth-order valence-corrected chi connectivity index (χ4v) is 1.89. The smallest absolute Gasteiger partial charge is 0.0612 e. The van der Waals surface area contributed by atoms with Crippen LogP contribution in [0, 0.1) is 0 Å². The summed E-state index contributed by atoms with van der Waals surface area (Å²) in [5.41, 5.74) is 2.09. The summed E-state index contributed by atoms with van der Waals surface area (Å²) >= 11 is 11.8. The quantitative estimate of drug-likeness (QED) is 0.915. The van der Waals surface area contributed by atoms with Crippen molar-refractivity contribution in [2.24, 2.45) is 0 Å².